The molecule has 0 radical (unpaired) electrons. The minimum atomic E-state index is -0.642. The standard InChI is InChI=1S/C27H27NO3/c29-23-15-13-19(14-16-23)17-25(28-27(31)21-8-2-1-3-9-21)26(30)18-22-11-6-10-20-7-4-5-12-24(20)22/h1-3,6,8-11,13-16,25,29H,4-5,7,12,17-18H2,(H,28,31). The highest BCUT2D eigenvalue weighted by atomic mass is 16.3. The number of hydrogen-bond donors (Lipinski definition) is 2. The van der Waals surface area contributed by atoms with Crippen molar-refractivity contribution in [3.63, 3.8) is 0 Å². The van der Waals surface area contributed by atoms with Gasteiger partial charge in [-0.05, 0) is 78.6 Å². The molecule has 3 aromatic carbocycles. The lowest BCUT2D eigenvalue weighted by atomic mass is 9.86. The molecule has 0 aliphatic heterocycles. The van der Waals surface area contributed by atoms with Crippen LogP contribution in [0.1, 0.15) is 45.5 Å². The van der Waals surface area contributed by atoms with Gasteiger partial charge >= 0.3 is 0 Å². The molecule has 4 rings (SSSR count). The molecule has 0 saturated heterocycles. The Morgan fingerprint density at radius 2 is 1.61 bits per heavy atom. The van der Waals surface area contributed by atoms with Gasteiger partial charge in [0.1, 0.15) is 5.75 Å². The van der Waals surface area contributed by atoms with E-state index in [-0.39, 0.29) is 17.4 Å². The van der Waals surface area contributed by atoms with Crippen LogP contribution in [0.5, 0.6) is 5.75 Å². The summed E-state index contributed by atoms with van der Waals surface area (Å²) < 4.78 is 0. The van der Waals surface area contributed by atoms with Gasteiger partial charge in [-0.15, -0.1) is 0 Å². The van der Waals surface area contributed by atoms with E-state index in [0.29, 0.717) is 18.4 Å². The van der Waals surface area contributed by atoms with Crippen LogP contribution < -0.4 is 5.32 Å². The predicted molar refractivity (Wildman–Crippen MR) is 121 cm³/mol. The number of benzene rings is 3. The third-order valence-corrected chi connectivity index (χ3v) is 5.96. The molecule has 1 amide bonds. The fourth-order valence-electron chi connectivity index (χ4n) is 4.28. The lowest BCUT2D eigenvalue weighted by molar-refractivity contribution is -0.120. The van der Waals surface area contributed by atoms with Crippen molar-refractivity contribution >= 4 is 11.7 Å². The Kier molecular flexibility index (Phi) is 6.46. The first-order valence-corrected chi connectivity index (χ1v) is 10.9. The second-order valence-electron chi connectivity index (χ2n) is 8.17. The molecule has 0 heterocycles. The van der Waals surface area contributed by atoms with Crippen molar-refractivity contribution in [3.05, 3.63) is 101 Å². The van der Waals surface area contributed by atoms with Crippen molar-refractivity contribution in [2.45, 2.75) is 44.6 Å². The van der Waals surface area contributed by atoms with Crippen LogP contribution in [0, 0.1) is 0 Å². The second kappa shape index (κ2) is 9.61. The summed E-state index contributed by atoms with van der Waals surface area (Å²) in [4.78, 5) is 26.2. The molecular weight excluding hydrogens is 386 g/mol. The van der Waals surface area contributed by atoms with E-state index in [0.717, 1.165) is 30.4 Å². The number of aryl methyl sites for hydroxylation is 1. The molecule has 158 valence electrons. The summed E-state index contributed by atoms with van der Waals surface area (Å²) in [6, 6.07) is 21.3. The number of Topliss-reactive ketones (excluding diaryl/α,β-unsaturated/α-hetero) is 1. The molecule has 0 aromatic heterocycles. The lowest BCUT2D eigenvalue weighted by Gasteiger charge is -2.22. The molecular formula is C27H27NO3. The number of fused-ring (bicyclic) bond motifs is 1. The third kappa shape index (κ3) is 5.21. The first-order valence-electron chi connectivity index (χ1n) is 10.9. The number of hydrogen-bond acceptors (Lipinski definition) is 3. The molecule has 0 bridgehead atoms. The smallest absolute Gasteiger partial charge is 0.251 e. The summed E-state index contributed by atoms with van der Waals surface area (Å²) in [5, 5.41) is 12.5. The van der Waals surface area contributed by atoms with E-state index in [1.807, 2.05) is 30.3 Å². The summed E-state index contributed by atoms with van der Waals surface area (Å²) >= 11 is 0. The summed E-state index contributed by atoms with van der Waals surface area (Å²) in [6.45, 7) is 0. The van der Waals surface area contributed by atoms with Crippen LogP contribution in [0.4, 0.5) is 0 Å². The van der Waals surface area contributed by atoms with Gasteiger partial charge in [-0.1, -0.05) is 48.5 Å². The topological polar surface area (TPSA) is 66.4 Å². The predicted octanol–water partition coefficient (Wildman–Crippen LogP) is 4.42. The Hall–Kier alpha value is -3.40. The monoisotopic (exact) mass is 413 g/mol. The quantitative estimate of drug-likeness (QED) is 0.602. The summed E-state index contributed by atoms with van der Waals surface area (Å²) in [5.41, 5.74) is 5.15. The summed E-state index contributed by atoms with van der Waals surface area (Å²) in [5.74, 6) is -0.0833. The van der Waals surface area contributed by atoms with E-state index < -0.39 is 6.04 Å². The van der Waals surface area contributed by atoms with E-state index in [2.05, 4.69) is 11.4 Å². The Morgan fingerprint density at radius 3 is 2.39 bits per heavy atom. The van der Waals surface area contributed by atoms with Crippen LogP contribution in [0.2, 0.25) is 0 Å². The fourth-order valence-corrected chi connectivity index (χ4v) is 4.28. The Balaban J connectivity index is 1.56. The van der Waals surface area contributed by atoms with E-state index in [1.165, 1.54) is 17.5 Å². The van der Waals surface area contributed by atoms with E-state index >= 15 is 0 Å². The molecule has 1 aliphatic carbocycles. The maximum Gasteiger partial charge on any atom is 0.251 e. The number of rotatable bonds is 7. The first-order chi connectivity index (χ1) is 15.1. The van der Waals surface area contributed by atoms with Crippen LogP contribution >= 0.6 is 0 Å². The van der Waals surface area contributed by atoms with Crippen molar-refractivity contribution in [3.8, 4) is 5.75 Å². The highest BCUT2D eigenvalue weighted by Gasteiger charge is 2.24. The number of phenolic OH excluding ortho intramolecular Hbond substituents is 1. The van der Waals surface area contributed by atoms with Crippen molar-refractivity contribution in [2.75, 3.05) is 0 Å². The SMILES string of the molecule is O=C(NC(Cc1ccc(O)cc1)C(=O)Cc1cccc2c1CCCC2)c1ccccc1. The largest absolute Gasteiger partial charge is 0.508 e. The molecule has 3 aromatic rings. The minimum Gasteiger partial charge on any atom is -0.508 e. The number of ketones is 1. The minimum absolute atomic E-state index is 0.00340. The molecule has 0 spiro atoms. The number of phenols is 1. The highest BCUT2D eigenvalue weighted by molar-refractivity contribution is 5.98. The molecule has 2 N–H and O–H groups in total. The Morgan fingerprint density at radius 1 is 0.871 bits per heavy atom. The third-order valence-electron chi connectivity index (χ3n) is 5.96. The summed E-state index contributed by atoms with van der Waals surface area (Å²) in [6.07, 6.45) is 5.12. The van der Waals surface area contributed by atoms with Crippen LogP contribution in [0.25, 0.3) is 0 Å². The van der Waals surface area contributed by atoms with Gasteiger partial charge in [0.15, 0.2) is 5.78 Å². The Bertz CT molecular complexity index is 1060. The molecule has 1 unspecified atom stereocenters. The zero-order valence-corrected chi connectivity index (χ0v) is 17.5. The number of aromatic hydroxyl groups is 1. The number of carbonyl (C=O) groups is 2. The van der Waals surface area contributed by atoms with Crippen LogP contribution in [-0.2, 0) is 30.5 Å². The zero-order chi connectivity index (χ0) is 21.6. The van der Waals surface area contributed by atoms with E-state index in [4.69, 9.17) is 0 Å². The van der Waals surface area contributed by atoms with Crippen LogP contribution in [0.3, 0.4) is 0 Å². The van der Waals surface area contributed by atoms with Gasteiger partial charge in [0.2, 0.25) is 0 Å². The second-order valence-corrected chi connectivity index (χ2v) is 8.17. The van der Waals surface area contributed by atoms with Crippen molar-refractivity contribution in [2.24, 2.45) is 0 Å². The average molecular weight is 414 g/mol. The Labute approximate surface area is 182 Å². The van der Waals surface area contributed by atoms with Gasteiger partial charge in [-0.2, -0.15) is 0 Å². The molecule has 4 heteroatoms. The molecule has 1 aliphatic rings. The maximum atomic E-state index is 13.4. The normalized spacial score (nSPS) is 13.8. The van der Waals surface area contributed by atoms with Gasteiger partial charge in [-0.25, -0.2) is 0 Å². The number of carbonyl (C=O) groups excluding carboxylic acids is 2. The first kappa shape index (κ1) is 20.9. The maximum absolute atomic E-state index is 13.4. The molecule has 1 atom stereocenters. The van der Waals surface area contributed by atoms with Crippen LogP contribution in [0.15, 0.2) is 72.8 Å². The highest BCUT2D eigenvalue weighted by Crippen LogP contribution is 2.25. The van der Waals surface area contributed by atoms with Crippen molar-refractivity contribution < 1.29 is 14.7 Å². The average Bonchev–Trinajstić information content (AvgIpc) is 2.81. The van der Waals surface area contributed by atoms with Gasteiger partial charge in [-0.3, -0.25) is 9.59 Å². The molecule has 31 heavy (non-hydrogen) atoms. The van der Waals surface area contributed by atoms with E-state index in [1.54, 1.807) is 36.4 Å². The number of nitrogens with one attached hydrogen (secondary N) is 1. The van der Waals surface area contributed by atoms with Crippen LogP contribution in [-0.4, -0.2) is 22.8 Å². The molecule has 0 fully saturated rings. The zero-order valence-electron chi connectivity index (χ0n) is 17.5. The fraction of sp³-hybridized carbons (Fsp3) is 0.259. The summed E-state index contributed by atoms with van der Waals surface area (Å²) in [7, 11) is 0. The van der Waals surface area contributed by atoms with E-state index in [9.17, 15) is 14.7 Å². The lowest BCUT2D eigenvalue weighted by Crippen LogP contribution is -2.43. The van der Waals surface area contributed by atoms with Crippen molar-refractivity contribution in [1.29, 1.82) is 0 Å². The van der Waals surface area contributed by atoms with Gasteiger partial charge in [0.05, 0.1) is 6.04 Å². The molecule has 0 saturated carbocycles. The number of amides is 1. The van der Waals surface area contributed by atoms with Gasteiger partial charge in [0, 0.05) is 12.0 Å². The van der Waals surface area contributed by atoms with Gasteiger partial charge < -0.3 is 10.4 Å². The van der Waals surface area contributed by atoms with Gasteiger partial charge in [0.25, 0.3) is 5.91 Å². The van der Waals surface area contributed by atoms with Crippen molar-refractivity contribution in [1.82, 2.24) is 5.32 Å². The molecule has 4 nitrogen and oxygen atoms in total.